The number of hydrogen-bond acceptors (Lipinski definition) is 3. The fourth-order valence-corrected chi connectivity index (χ4v) is 0.607. The maximum atomic E-state index is 11.2. The fraction of sp³-hybridized carbons (Fsp3) is 0.875. The summed E-state index contributed by atoms with van der Waals surface area (Å²) in [4.78, 5) is 13.1. The van der Waals surface area contributed by atoms with E-state index in [2.05, 4.69) is 15.9 Å². The van der Waals surface area contributed by atoms with Crippen LogP contribution in [0, 0.1) is 0 Å². The summed E-state index contributed by atoms with van der Waals surface area (Å²) < 4.78 is 4.42. The van der Waals surface area contributed by atoms with Gasteiger partial charge in [-0.2, -0.15) is 0 Å². The van der Waals surface area contributed by atoms with E-state index in [4.69, 9.17) is 4.74 Å². The molecule has 0 aliphatic rings. The highest BCUT2D eigenvalue weighted by atomic mass is 79.9. The van der Waals surface area contributed by atoms with E-state index in [-0.39, 0.29) is 5.97 Å². The summed E-state index contributed by atoms with van der Waals surface area (Å²) in [5.74, 6) is -0.218. The Hall–Kier alpha value is -0.0900. The number of alkyl halides is 1. The molecular weight excluding hydrogens is 222 g/mol. The molecule has 0 aromatic heterocycles. The molecule has 0 radical (unpaired) electrons. The second kappa shape index (κ2) is 4.82. The minimum atomic E-state index is -0.570. The Morgan fingerprint density at radius 2 is 2.00 bits per heavy atom. The molecule has 0 bridgehead atoms. The summed E-state index contributed by atoms with van der Waals surface area (Å²) in [7, 11) is 3.88. The van der Waals surface area contributed by atoms with Crippen LogP contribution in [-0.4, -0.2) is 42.4 Å². The lowest BCUT2D eigenvalue weighted by Gasteiger charge is -2.16. The lowest BCUT2D eigenvalue weighted by molar-refractivity contribution is -0.145. The van der Waals surface area contributed by atoms with Crippen molar-refractivity contribution in [1.29, 1.82) is 0 Å². The van der Waals surface area contributed by atoms with Gasteiger partial charge in [-0.15, -0.1) is 0 Å². The predicted octanol–water partition coefficient (Wildman–Crippen LogP) is 1.26. The van der Waals surface area contributed by atoms with Crippen LogP contribution in [-0.2, 0) is 9.53 Å². The van der Waals surface area contributed by atoms with E-state index in [0.29, 0.717) is 6.61 Å². The van der Waals surface area contributed by atoms with Crippen molar-refractivity contribution < 1.29 is 9.53 Å². The SMILES string of the molecule is CN(C)CCOC(=O)C(C)(C)Br. The average Bonchev–Trinajstić information content (AvgIpc) is 1.84. The van der Waals surface area contributed by atoms with Gasteiger partial charge in [-0.05, 0) is 27.9 Å². The predicted molar refractivity (Wildman–Crippen MR) is 52.5 cm³/mol. The largest absolute Gasteiger partial charge is 0.463 e. The Bertz CT molecular complexity index is 152. The Morgan fingerprint density at radius 1 is 1.50 bits per heavy atom. The van der Waals surface area contributed by atoms with Crippen molar-refractivity contribution in [2.24, 2.45) is 0 Å². The lowest BCUT2D eigenvalue weighted by Crippen LogP contribution is -2.29. The van der Waals surface area contributed by atoms with Crippen molar-refractivity contribution in [2.75, 3.05) is 27.2 Å². The minimum Gasteiger partial charge on any atom is -0.463 e. The molecule has 0 rings (SSSR count). The topological polar surface area (TPSA) is 29.5 Å². The summed E-state index contributed by atoms with van der Waals surface area (Å²) in [6.45, 7) is 4.74. The van der Waals surface area contributed by atoms with Gasteiger partial charge in [0.2, 0.25) is 0 Å². The van der Waals surface area contributed by atoms with Crippen LogP contribution in [0.25, 0.3) is 0 Å². The van der Waals surface area contributed by atoms with E-state index in [1.165, 1.54) is 0 Å². The van der Waals surface area contributed by atoms with E-state index in [1.807, 2.05) is 19.0 Å². The zero-order chi connectivity index (χ0) is 9.78. The van der Waals surface area contributed by atoms with Crippen molar-refractivity contribution in [3.63, 3.8) is 0 Å². The van der Waals surface area contributed by atoms with E-state index in [0.717, 1.165) is 6.54 Å². The maximum absolute atomic E-state index is 11.2. The highest BCUT2D eigenvalue weighted by Gasteiger charge is 2.24. The molecule has 4 heteroatoms. The van der Waals surface area contributed by atoms with Crippen LogP contribution >= 0.6 is 15.9 Å². The molecule has 0 saturated heterocycles. The summed E-state index contributed by atoms with van der Waals surface area (Å²) in [6, 6.07) is 0. The van der Waals surface area contributed by atoms with Crippen molar-refractivity contribution in [3.8, 4) is 0 Å². The highest BCUT2D eigenvalue weighted by Crippen LogP contribution is 2.17. The zero-order valence-corrected chi connectivity index (χ0v) is 9.64. The first-order chi connectivity index (χ1) is 5.34. The third-order valence-corrected chi connectivity index (χ3v) is 1.58. The van der Waals surface area contributed by atoms with E-state index in [9.17, 15) is 4.79 Å². The summed E-state index contributed by atoms with van der Waals surface area (Å²) >= 11 is 3.22. The van der Waals surface area contributed by atoms with E-state index >= 15 is 0 Å². The van der Waals surface area contributed by atoms with E-state index < -0.39 is 4.32 Å². The standard InChI is InChI=1S/C8H16BrNO2/c1-8(2,9)7(11)12-6-5-10(3)4/h5-6H2,1-4H3. The van der Waals surface area contributed by atoms with Gasteiger partial charge in [0.1, 0.15) is 10.9 Å². The number of likely N-dealkylation sites (N-methyl/N-ethyl adjacent to an activating group) is 1. The monoisotopic (exact) mass is 237 g/mol. The first-order valence-electron chi connectivity index (χ1n) is 3.85. The zero-order valence-electron chi connectivity index (χ0n) is 8.06. The summed E-state index contributed by atoms with van der Waals surface area (Å²) in [5, 5.41) is 0. The number of nitrogens with zero attached hydrogens (tertiary/aromatic N) is 1. The molecule has 0 N–H and O–H groups in total. The number of ether oxygens (including phenoxy) is 1. The summed E-state index contributed by atoms with van der Waals surface area (Å²) in [6.07, 6.45) is 0. The molecule has 12 heavy (non-hydrogen) atoms. The molecule has 0 aliphatic carbocycles. The number of esters is 1. The second-order valence-corrected chi connectivity index (χ2v) is 5.39. The van der Waals surface area contributed by atoms with Gasteiger partial charge in [-0.3, -0.25) is 4.79 Å². The van der Waals surface area contributed by atoms with Crippen molar-refractivity contribution in [1.82, 2.24) is 4.90 Å². The van der Waals surface area contributed by atoms with Crippen molar-refractivity contribution in [3.05, 3.63) is 0 Å². The van der Waals surface area contributed by atoms with Gasteiger partial charge < -0.3 is 9.64 Å². The first-order valence-corrected chi connectivity index (χ1v) is 4.64. The molecule has 0 fully saturated rings. The van der Waals surface area contributed by atoms with Crippen molar-refractivity contribution in [2.45, 2.75) is 18.2 Å². The minimum absolute atomic E-state index is 0.218. The average molecular weight is 238 g/mol. The van der Waals surface area contributed by atoms with Gasteiger partial charge in [0.15, 0.2) is 0 Å². The van der Waals surface area contributed by atoms with Crippen LogP contribution in [0.1, 0.15) is 13.8 Å². The maximum Gasteiger partial charge on any atom is 0.322 e. The Balaban J connectivity index is 3.59. The van der Waals surface area contributed by atoms with Gasteiger partial charge in [0, 0.05) is 6.54 Å². The number of carbonyl (C=O) groups excluding carboxylic acids is 1. The number of hydrogen-bond donors (Lipinski definition) is 0. The van der Waals surface area contributed by atoms with Crippen molar-refractivity contribution >= 4 is 21.9 Å². The Labute approximate surface area is 82.2 Å². The molecule has 0 aliphatic heterocycles. The quantitative estimate of drug-likeness (QED) is 0.545. The highest BCUT2D eigenvalue weighted by molar-refractivity contribution is 9.10. The number of halogens is 1. The third-order valence-electron chi connectivity index (χ3n) is 1.26. The van der Waals surface area contributed by atoms with Crippen LogP contribution < -0.4 is 0 Å². The molecule has 0 heterocycles. The third kappa shape index (κ3) is 5.55. The lowest BCUT2D eigenvalue weighted by atomic mass is 10.2. The van der Waals surface area contributed by atoms with Crippen LogP contribution in [0.15, 0.2) is 0 Å². The van der Waals surface area contributed by atoms with Crippen LogP contribution in [0.4, 0.5) is 0 Å². The Morgan fingerprint density at radius 3 is 2.33 bits per heavy atom. The molecule has 0 saturated carbocycles. The molecule has 0 atom stereocenters. The molecular formula is C8H16BrNO2. The molecule has 0 unspecified atom stereocenters. The van der Waals surface area contributed by atoms with Gasteiger partial charge in [0.05, 0.1) is 0 Å². The molecule has 0 aromatic rings. The first kappa shape index (κ1) is 11.9. The van der Waals surface area contributed by atoms with Gasteiger partial charge >= 0.3 is 5.97 Å². The molecule has 72 valence electrons. The van der Waals surface area contributed by atoms with E-state index in [1.54, 1.807) is 13.8 Å². The van der Waals surface area contributed by atoms with Crippen LogP contribution in [0.5, 0.6) is 0 Å². The number of rotatable bonds is 4. The molecule has 0 spiro atoms. The smallest absolute Gasteiger partial charge is 0.322 e. The molecule has 3 nitrogen and oxygen atoms in total. The summed E-state index contributed by atoms with van der Waals surface area (Å²) in [5.41, 5.74) is 0. The fourth-order valence-electron chi connectivity index (χ4n) is 0.493. The van der Waals surface area contributed by atoms with Gasteiger partial charge in [0.25, 0.3) is 0 Å². The molecule has 0 amide bonds. The van der Waals surface area contributed by atoms with Crippen LogP contribution in [0.3, 0.4) is 0 Å². The van der Waals surface area contributed by atoms with Gasteiger partial charge in [-0.1, -0.05) is 15.9 Å². The number of carbonyl (C=O) groups is 1. The second-order valence-electron chi connectivity index (χ2n) is 3.41. The normalized spacial score (nSPS) is 11.8. The van der Waals surface area contributed by atoms with Gasteiger partial charge in [-0.25, -0.2) is 0 Å². The molecule has 0 aromatic carbocycles. The van der Waals surface area contributed by atoms with Crippen LogP contribution in [0.2, 0.25) is 0 Å². The Kier molecular flexibility index (Phi) is 4.78.